The van der Waals surface area contributed by atoms with Crippen molar-refractivity contribution in [3.8, 4) is 11.5 Å². The predicted molar refractivity (Wildman–Crippen MR) is 138 cm³/mol. The van der Waals surface area contributed by atoms with E-state index in [-0.39, 0.29) is 23.4 Å². The number of nitrogens with zero attached hydrogens (tertiary/aromatic N) is 2. The van der Waals surface area contributed by atoms with Crippen LogP contribution < -0.4 is 9.47 Å². The standard InChI is InChI=1S/C30H27F5N2O3/c1-16-20(9-10-22(31)27(16)32)26-17(2)29(3,30(33,34)35)40-28(26)24-13-25(21-14-36-12-11-23(21)37-24)39-15-18-5-7-19(38-4)8-6-18/h5-14,17,26,28H,15H2,1-4H3/t17-,26-,28-,29+/m0/s1. The SMILES string of the molecule is COc1ccc(COc2cc([C@@H]3O[C@@](C)(C(F)(F)F)[C@@H](C)[C@H]3c3ccc(F)c(F)c3C)nc3ccncc23)cc1. The maximum Gasteiger partial charge on any atom is 0.417 e. The van der Waals surface area contributed by atoms with E-state index in [2.05, 4.69) is 9.97 Å². The van der Waals surface area contributed by atoms with Crippen LogP contribution in [-0.4, -0.2) is 28.9 Å². The summed E-state index contributed by atoms with van der Waals surface area (Å²) in [6, 6.07) is 12.6. The number of alkyl halides is 3. The molecule has 0 radical (unpaired) electrons. The minimum Gasteiger partial charge on any atom is -0.497 e. The number of hydrogen-bond donors (Lipinski definition) is 0. The van der Waals surface area contributed by atoms with Crippen molar-refractivity contribution in [2.24, 2.45) is 5.92 Å². The van der Waals surface area contributed by atoms with Crippen LogP contribution in [0.4, 0.5) is 22.0 Å². The third-order valence-corrected chi connectivity index (χ3v) is 7.85. The molecule has 2 aromatic heterocycles. The fraction of sp³-hybridized carbons (Fsp3) is 0.333. The maximum absolute atomic E-state index is 14.6. The van der Waals surface area contributed by atoms with Gasteiger partial charge in [-0.25, -0.2) is 13.8 Å². The van der Waals surface area contributed by atoms with Crippen molar-refractivity contribution in [1.82, 2.24) is 9.97 Å². The Morgan fingerprint density at radius 3 is 2.45 bits per heavy atom. The number of rotatable bonds is 6. The Morgan fingerprint density at radius 2 is 1.77 bits per heavy atom. The minimum atomic E-state index is -4.74. The first kappa shape index (κ1) is 27.8. The van der Waals surface area contributed by atoms with Crippen LogP contribution in [0.2, 0.25) is 0 Å². The second kappa shape index (κ2) is 10.3. The van der Waals surface area contributed by atoms with Crippen LogP contribution in [0.15, 0.2) is 60.9 Å². The molecule has 1 aliphatic heterocycles. The molecule has 1 aliphatic rings. The van der Waals surface area contributed by atoms with E-state index in [1.807, 2.05) is 12.1 Å². The molecule has 0 spiro atoms. The average molecular weight is 559 g/mol. The topological polar surface area (TPSA) is 53.5 Å². The predicted octanol–water partition coefficient (Wildman–Crippen LogP) is 7.62. The number of benzene rings is 2. The van der Waals surface area contributed by atoms with Gasteiger partial charge in [-0.3, -0.25) is 4.98 Å². The Labute approximate surface area is 227 Å². The molecule has 3 heterocycles. The molecule has 0 N–H and O–H groups in total. The molecule has 0 aliphatic carbocycles. The van der Waals surface area contributed by atoms with Crippen molar-refractivity contribution >= 4 is 10.9 Å². The molecule has 1 fully saturated rings. The van der Waals surface area contributed by atoms with Gasteiger partial charge in [-0.05, 0) is 54.8 Å². The Kier molecular flexibility index (Phi) is 7.16. The molecule has 4 aromatic rings. The van der Waals surface area contributed by atoms with Gasteiger partial charge in [0, 0.05) is 30.3 Å². The second-order valence-corrected chi connectivity index (χ2v) is 10.1. The highest BCUT2D eigenvalue weighted by Crippen LogP contribution is 2.58. The molecule has 0 bridgehead atoms. The van der Waals surface area contributed by atoms with Gasteiger partial charge in [-0.2, -0.15) is 13.2 Å². The largest absolute Gasteiger partial charge is 0.497 e. The lowest BCUT2D eigenvalue weighted by Gasteiger charge is -2.32. The number of methoxy groups -OCH3 is 1. The first-order valence-corrected chi connectivity index (χ1v) is 12.6. The van der Waals surface area contributed by atoms with Crippen molar-refractivity contribution in [3.63, 3.8) is 0 Å². The Bertz CT molecular complexity index is 1540. The van der Waals surface area contributed by atoms with Crippen LogP contribution in [-0.2, 0) is 11.3 Å². The van der Waals surface area contributed by atoms with Crippen LogP contribution in [0.5, 0.6) is 11.5 Å². The maximum atomic E-state index is 14.6. The lowest BCUT2D eigenvalue weighted by Crippen LogP contribution is -2.46. The fourth-order valence-electron chi connectivity index (χ4n) is 5.28. The van der Waals surface area contributed by atoms with E-state index < -0.39 is 41.4 Å². The van der Waals surface area contributed by atoms with Gasteiger partial charge >= 0.3 is 6.18 Å². The molecule has 0 saturated carbocycles. The highest BCUT2D eigenvalue weighted by Gasteiger charge is 2.64. The normalized spacial score (nSPS) is 23.0. The van der Waals surface area contributed by atoms with E-state index in [1.165, 1.54) is 32.2 Å². The quantitative estimate of drug-likeness (QED) is 0.228. The summed E-state index contributed by atoms with van der Waals surface area (Å²) in [7, 11) is 1.56. The Balaban J connectivity index is 1.61. The molecule has 5 nitrogen and oxygen atoms in total. The van der Waals surface area contributed by atoms with Gasteiger partial charge in [0.05, 0.1) is 23.7 Å². The number of pyridine rings is 2. The fourth-order valence-corrected chi connectivity index (χ4v) is 5.28. The zero-order valence-corrected chi connectivity index (χ0v) is 22.2. The van der Waals surface area contributed by atoms with Gasteiger partial charge in [-0.1, -0.05) is 25.1 Å². The zero-order valence-electron chi connectivity index (χ0n) is 22.2. The molecule has 40 heavy (non-hydrogen) atoms. The summed E-state index contributed by atoms with van der Waals surface area (Å²) in [6.07, 6.45) is -2.89. The third kappa shape index (κ3) is 4.74. The van der Waals surface area contributed by atoms with E-state index >= 15 is 0 Å². The molecule has 4 atom stereocenters. The number of aromatic nitrogens is 2. The zero-order chi connectivity index (χ0) is 28.8. The summed E-state index contributed by atoms with van der Waals surface area (Å²) in [6.45, 7) is 3.89. The monoisotopic (exact) mass is 558 g/mol. The van der Waals surface area contributed by atoms with E-state index in [0.29, 0.717) is 22.4 Å². The minimum absolute atomic E-state index is 0.0714. The van der Waals surface area contributed by atoms with Crippen molar-refractivity contribution in [3.05, 3.63) is 94.9 Å². The van der Waals surface area contributed by atoms with Gasteiger partial charge in [0.15, 0.2) is 17.2 Å². The van der Waals surface area contributed by atoms with Crippen molar-refractivity contribution in [1.29, 1.82) is 0 Å². The van der Waals surface area contributed by atoms with Gasteiger partial charge < -0.3 is 14.2 Å². The van der Waals surface area contributed by atoms with Crippen LogP contribution in [0.1, 0.15) is 48.3 Å². The summed E-state index contributed by atoms with van der Waals surface area (Å²) in [5.41, 5.74) is -0.966. The van der Waals surface area contributed by atoms with Gasteiger partial charge in [0.25, 0.3) is 0 Å². The van der Waals surface area contributed by atoms with E-state index in [4.69, 9.17) is 14.2 Å². The van der Waals surface area contributed by atoms with Gasteiger partial charge in [0.2, 0.25) is 0 Å². The van der Waals surface area contributed by atoms with Crippen molar-refractivity contribution < 1.29 is 36.2 Å². The number of ether oxygens (including phenoxy) is 3. The molecule has 210 valence electrons. The third-order valence-electron chi connectivity index (χ3n) is 7.85. The first-order valence-electron chi connectivity index (χ1n) is 12.6. The molecule has 5 rings (SSSR count). The second-order valence-electron chi connectivity index (χ2n) is 10.1. The van der Waals surface area contributed by atoms with Crippen LogP contribution in [0.3, 0.4) is 0 Å². The number of hydrogen-bond acceptors (Lipinski definition) is 5. The molecule has 0 unspecified atom stereocenters. The molecular formula is C30H27F5N2O3. The molecule has 10 heteroatoms. The highest BCUT2D eigenvalue weighted by molar-refractivity contribution is 5.84. The summed E-state index contributed by atoms with van der Waals surface area (Å²) in [4.78, 5) is 8.77. The summed E-state index contributed by atoms with van der Waals surface area (Å²) >= 11 is 0. The summed E-state index contributed by atoms with van der Waals surface area (Å²) in [5, 5.41) is 0.560. The average Bonchev–Trinajstić information content (AvgIpc) is 3.22. The molecule has 2 aromatic carbocycles. The van der Waals surface area contributed by atoms with Crippen LogP contribution >= 0.6 is 0 Å². The molecular weight excluding hydrogens is 531 g/mol. The summed E-state index contributed by atoms with van der Waals surface area (Å²) in [5.74, 6) is -3.29. The van der Waals surface area contributed by atoms with Gasteiger partial charge in [0.1, 0.15) is 24.2 Å². The van der Waals surface area contributed by atoms with E-state index in [1.54, 1.807) is 31.5 Å². The number of halogens is 5. The number of fused-ring (bicyclic) bond motifs is 1. The van der Waals surface area contributed by atoms with Crippen LogP contribution in [0, 0.1) is 24.5 Å². The molecule has 1 saturated heterocycles. The highest BCUT2D eigenvalue weighted by atomic mass is 19.4. The Morgan fingerprint density at radius 1 is 1.05 bits per heavy atom. The molecule has 0 amide bonds. The van der Waals surface area contributed by atoms with E-state index in [0.717, 1.165) is 18.6 Å². The van der Waals surface area contributed by atoms with Gasteiger partial charge in [-0.15, -0.1) is 0 Å². The van der Waals surface area contributed by atoms with Crippen LogP contribution in [0.25, 0.3) is 10.9 Å². The lowest BCUT2D eigenvalue weighted by molar-refractivity contribution is -0.275. The Hall–Kier alpha value is -3.79. The van der Waals surface area contributed by atoms with E-state index in [9.17, 15) is 22.0 Å². The smallest absolute Gasteiger partial charge is 0.417 e. The van der Waals surface area contributed by atoms with Crippen molar-refractivity contribution in [2.45, 2.75) is 51.2 Å². The lowest BCUT2D eigenvalue weighted by atomic mass is 9.75. The summed E-state index contributed by atoms with van der Waals surface area (Å²) < 4.78 is 88.9. The van der Waals surface area contributed by atoms with Crippen molar-refractivity contribution in [2.75, 3.05) is 7.11 Å². The first-order chi connectivity index (χ1) is 18.9.